The van der Waals surface area contributed by atoms with Crippen molar-refractivity contribution >= 4 is 17.1 Å². The maximum atomic E-state index is 12.7. The summed E-state index contributed by atoms with van der Waals surface area (Å²) in [5.74, 6) is 0. The summed E-state index contributed by atoms with van der Waals surface area (Å²) in [6, 6.07) is 7.24. The number of fused-ring (bicyclic) bond motifs is 3. The summed E-state index contributed by atoms with van der Waals surface area (Å²) in [6.45, 7) is 6.39. The molecule has 6 nitrogen and oxygen atoms in total. The molecule has 2 bridgehead atoms. The molecule has 1 aromatic carbocycles. The fourth-order valence-electron chi connectivity index (χ4n) is 4.08. The van der Waals surface area contributed by atoms with Gasteiger partial charge in [0.1, 0.15) is 11.2 Å². The Morgan fingerprint density at radius 3 is 2.58 bits per heavy atom. The minimum atomic E-state index is -0.997. The van der Waals surface area contributed by atoms with Crippen LogP contribution in [0.15, 0.2) is 34.9 Å². The highest BCUT2D eigenvalue weighted by atomic mass is 16.6. The zero-order valence-corrected chi connectivity index (χ0v) is 15.4. The Bertz CT molecular complexity index is 807. The molecule has 0 spiro atoms. The maximum Gasteiger partial charge on any atom is 0.410 e. The van der Waals surface area contributed by atoms with E-state index < -0.39 is 11.2 Å². The second kappa shape index (κ2) is 5.99. The van der Waals surface area contributed by atoms with Crippen molar-refractivity contribution in [3.8, 4) is 0 Å². The summed E-state index contributed by atoms with van der Waals surface area (Å²) in [5.41, 5.74) is 0.106. The second-order valence-electron chi connectivity index (χ2n) is 8.35. The minimum absolute atomic E-state index is 0.206. The number of hydrogen-bond acceptors (Lipinski definition) is 5. The van der Waals surface area contributed by atoms with Gasteiger partial charge in [-0.3, -0.25) is 4.90 Å². The second-order valence-corrected chi connectivity index (χ2v) is 8.35. The third-order valence-electron chi connectivity index (χ3n) is 5.15. The maximum absolute atomic E-state index is 12.7. The Labute approximate surface area is 152 Å². The SMILES string of the molecule is CC(C)(C)OC(=O)N1C2COCC1CC(O)(c1ccc3occc3c1)C2. The number of carbonyl (C=O) groups excluding carboxylic acids is 1. The molecule has 140 valence electrons. The standard InChI is InChI=1S/C20H25NO5/c1-19(2,3)26-18(22)21-15-9-20(23,10-16(21)12-24-11-15)14-4-5-17-13(8-14)6-7-25-17/h4-8,15-16,23H,9-12H2,1-3H3. The average Bonchev–Trinajstić information content (AvgIpc) is 2.99. The zero-order valence-electron chi connectivity index (χ0n) is 15.4. The number of carbonyl (C=O) groups is 1. The zero-order chi connectivity index (χ0) is 18.5. The smallest absolute Gasteiger partial charge is 0.410 e. The number of benzene rings is 1. The number of ether oxygens (including phenoxy) is 2. The van der Waals surface area contributed by atoms with Crippen molar-refractivity contribution < 1.29 is 23.8 Å². The van der Waals surface area contributed by atoms with Crippen molar-refractivity contribution in [2.24, 2.45) is 0 Å². The van der Waals surface area contributed by atoms with Crippen LogP contribution in [-0.4, -0.2) is 47.0 Å². The molecular formula is C20H25NO5. The Kier molecular flexibility index (Phi) is 4.00. The van der Waals surface area contributed by atoms with Crippen LogP contribution >= 0.6 is 0 Å². The number of piperidine rings is 1. The highest BCUT2D eigenvalue weighted by molar-refractivity contribution is 5.78. The number of morpholine rings is 1. The van der Waals surface area contributed by atoms with Gasteiger partial charge in [0.15, 0.2) is 0 Å². The Hall–Kier alpha value is -2.05. The molecule has 1 amide bonds. The van der Waals surface area contributed by atoms with Gasteiger partial charge in [0.2, 0.25) is 0 Å². The molecular weight excluding hydrogens is 334 g/mol. The summed E-state index contributed by atoms with van der Waals surface area (Å²) < 4.78 is 16.6. The first-order valence-electron chi connectivity index (χ1n) is 9.04. The quantitative estimate of drug-likeness (QED) is 0.845. The highest BCUT2D eigenvalue weighted by Crippen LogP contribution is 2.42. The predicted octanol–water partition coefficient (Wildman–Crippen LogP) is 3.42. The van der Waals surface area contributed by atoms with Gasteiger partial charge in [-0.25, -0.2) is 4.79 Å². The van der Waals surface area contributed by atoms with Crippen LogP contribution in [0.5, 0.6) is 0 Å². The lowest BCUT2D eigenvalue weighted by Crippen LogP contribution is -2.63. The highest BCUT2D eigenvalue weighted by Gasteiger charge is 2.49. The van der Waals surface area contributed by atoms with E-state index in [4.69, 9.17) is 13.9 Å². The lowest BCUT2D eigenvalue weighted by molar-refractivity contribution is -0.141. The van der Waals surface area contributed by atoms with Gasteiger partial charge in [-0.05, 0) is 44.5 Å². The Morgan fingerprint density at radius 2 is 1.92 bits per heavy atom. The summed E-state index contributed by atoms with van der Waals surface area (Å²) >= 11 is 0. The van der Waals surface area contributed by atoms with E-state index in [1.165, 1.54) is 0 Å². The van der Waals surface area contributed by atoms with E-state index >= 15 is 0 Å². The first-order valence-corrected chi connectivity index (χ1v) is 9.04. The fraction of sp³-hybridized carbons (Fsp3) is 0.550. The number of amides is 1. The van der Waals surface area contributed by atoms with Gasteiger partial charge in [-0.1, -0.05) is 6.07 Å². The Morgan fingerprint density at radius 1 is 1.23 bits per heavy atom. The van der Waals surface area contributed by atoms with E-state index in [-0.39, 0.29) is 18.2 Å². The van der Waals surface area contributed by atoms with E-state index in [0.717, 1.165) is 16.5 Å². The summed E-state index contributed by atoms with van der Waals surface area (Å²) in [7, 11) is 0. The molecule has 1 N–H and O–H groups in total. The molecule has 3 heterocycles. The molecule has 2 fully saturated rings. The molecule has 2 aliphatic rings. The molecule has 2 aromatic rings. The van der Waals surface area contributed by atoms with E-state index in [9.17, 15) is 9.90 Å². The largest absolute Gasteiger partial charge is 0.464 e. The molecule has 2 unspecified atom stereocenters. The van der Waals surface area contributed by atoms with Crippen molar-refractivity contribution in [2.75, 3.05) is 13.2 Å². The van der Waals surface area contributed by atoms with Crippen molar-refractivity contribution in [3.05, 3.63) is 36.1 Å². The van der Waals surface area contributed by atoms with Crippen LogP contribution in [0.3, 0.4) is 0 Å². The fourth-order valence-corrected chi connectivity index (χ4v) is 4.08. The third kappa shape index (κ3) is 3.08. The molecule has 26 heavy (non-hydrogen) atoms. The van der Waals surface area contributed by atoms with Crippen LogP contribution in [0.4, 0.5) is 4.79 Å². The molecule has 0 radical (unpaired) electrons. The average molecular weight is 359 g/mol. The number of aliphatic hydroxyl groups is 1. The molecule has 2 aliphatic heterocycles. The molecule has 2 atom stereocenters. The van der Waals surface area contributed by atoms with Crippen LogP contribution in [0.1, 0.15) is 39.2 Å². The van der Waals surface area contributed by atoms with Gasteiger partial charge >= 0.3 is 6.09 Å². The first kappa shape index (κ1) is 17.4. The van der Waals surface area contributed by atoms with Crippen LogP contribution in [0, 0.1) is 0 Å². The molecule has 4 rings (SSSR count). The number of hydrogen-bond donors (Lipinski definition) is 1. The van der Waals surface area contributed by atoms with Gasteiger partial charge in [0.05, 0.1) is 37.2 Å². The number of nitrogens with zero attached hydrogens (tertiary/aromatic N) is 1. The van der Waals surface area contributed by atoms with Gasteiger partial charge in [-0.15, -0.1) is 0 Å². The molecule has 1 aromatic heterocycles. The molecule has 0 saturated carbocycles. The summed E-state index contributed by atoms with van der Waals surface area (Å²) in [5, 5.41) is 12.4. The summed E-state index contributed by atoms with van der Waals surface area (Å²) in [6.07, 6.45) is 2.16. The van der Waals surface area contributed by atoms with Crippen LogP contribution in [0.2, 0.25) is 0 Å². The number of rotatable bonds is 1. The molecule has 0 aliphatic carbocycles. The Balaban J connectivity index is 1.61. The van der Waals surface area contributed by atoms with E-state index in [1.807, 2.05) is 45.0 Å². The summed E-state index contributed by atoms with van der Waals surface area (Å²) in [4.78, 5) is 14.4. The molecule has 6 heteroatoms. The van der Waals surface area contributed by atoms with E-state index in [0.29, 0.717) is 26.1 Å². The third-order valence-corrected chi connectivity index (χ3v) is 5.15. The van der Waals surface area contributed by atoms with Gasteiger partial charge < -0.3 is 19.0 Å². The lowest BCUT2D eigenvalue weighted by atomic mass is 9.77. The lowest BCUT2D eigenvalue weighted by Gasteiger charge is -2.51. The van der Waals surface area contributed by atoms with Crippen LogP contribution in [-0.2, 0) is 15.1 Å². The van der Waals surface area contributed by atoms with Gasteiger partial charge in [0, 0.05) is 18.2 Å². The minimum Gasteiger partial charge on any atom is -0.464 e. The normalized spacial score (nSPS) is 29.0. The van der Waals surface area contributed by atoms with Crippen molar-refractivity contribution in [1.29, 1.82) is 0 Å². The van der Waals surface area contributed by atoms with Crippen molar-refractivity contribution in [1.82, 2.24) is 4.90 Å². The van der Waals surface area contributed by atoms with Gasteiger partial charge in [-0.2, -0.15) is 0 Å². The molecule has 2 saturated heterocycles. The first-order chi connectivity index (χ1) is 12.3. The van der Waals surface area contributed by atoms with E-state index in [2.05, 4.69) is 0 Å². The monoisotopic (exact) mass is 359 g/mol. The van der Waals surface area contributed by atoms with E-state index in [1.54, 1.807) is 11.2 Å². The van der Waals surface area contributed by atoms with Crippen molar-refractivity contribution in [2.45, 2.75) is 56.9 Å². The van der Waals surface area contributed by atoms with Gasteiger partial charge in [0.25, 0.3) is 0 Å². The number of furan rings is 1. The van der Waals surface area contributed by atoms with Crippen LogP contribution < -0.4 is 0 Å². The topological polar surface area (TPSA) is 72.1 Å². The van der Waals surface area contributed by atoms with Crippen molar-refractivity contribution in [3.63, 3.8) is 0 Å². The van der Waals surface area contributed by atoms with Crippen LogP contribution in [0.25, 0.3) is 11.0 Å². The predicted molar refractivity (Wildman–Crippen MR) is 95.8 cm³/mol.